The van der Waals surface area contributed by atoms with Crippen LogP contribution in [0.3, 0.4) is 0 Å². The molecule has 2 heterocycles. The Bertz CT molecular complexity index is 158. The fraction of sp³-hybridized carbons (Fsp3) is 1.00. The highest BCUT2D eigenvalue weighted by Crippen LogP contribution is 2.29. The minimum atomic E-state index is -2.42. The van der Waals surface area contributed by atoms with Gasteiger partial charge in [0.25, 0.3) is 5.92 Å². The summed E-state index contributed by atoms with van der Waals surface area (Å²) in [5.74, 6) is -2.42. The normalized spacial score (nSPS) is 31.5. The second kappa shape index (κ2) is 2.92. The van der Waals surface area contributed by atoms with Crippen molar-refractivity contribution in [3.63, 3.8) is 0 Å². The Hall–Kier alpha value is -0.220. The molecule has 2 saturated heterocycles. The summed E-state index contributed by atoms with van der Waals surface area (Å²) in [6, 6.07) is 0. The van der Waals surface area contributed by atoms with E-state index in [1.165, 1.54) is 6.42 Å². The molecule has 0 saturated carbocycles. The Labute approximate surface area is 71.1 Å². The van der Waals surface area contributed by atoms with Gasteiger partial charge in [0.2, 0.25) is 0 Å². The van der Waals surface area contributed by atoms with Crippen molar-refractivity contribution < 1.29 is 8.78 Å². The average molecular weight is 176 g/mol. The topological polar surface area (TPSA) is 6.48 Å². The van der Waals surface area contributed by atoms with Gasteiger partial charge < -0.3 is 0 Å². The summed E-state index contributed by atoms with van der Waals surface area (Å²) in [5.41, 5.74) is 0. The van der Waals surface area contributed by atoms with Crippen molar-refractivity contribution in [3.8, 4) is 0 Å². The van der Waals surface area contributed by atoms with Gasteiger partial charge in [-0.25, -0.2) is 18.8 Å². The Morgan fingerprint density at radius 1 is 0.833 bits per heavy atom. The van der Waals surface area contributed by atoms with Crippen molar-refractivity contribution in [2.24, 2.45) is 0 Å². The molecule has 4 heteroatoms. The van der Waals surface area contributed by atoms with E-state index in [4.69, 9.17) is 0 Å². The van der Waals surface area contributed by atoms with Crippen molar-refractivity contribution in [1.29, 1.82) is 0 Å². The van der Waals surface area contributed by atoms with Crippen LogP contribution in [0.25, 0.3) is 0 Å². The first-order chi connectivity index (χ1) is 5.67. The number of halogens is 2. The molecule has 70 valence electrons. The Morgan fingerprint density at radius 3 is 1.92 bits per heavy atom. The molecule has 0 unspecified atom stereocenters. The maximum Gasteiger partial charge on any atom is 0.275 e. The number of hydrogen-bond acceptors (Lipinski definition) is 2. The number of alkyl halides is 2. The van der Waals surface area contributed by atoms with E-state index >= 15 is 0 Å². The van der Waals surface area contributed by atoms with Crippen LogP contribution < -0.4 is 0 Å². The molecule has 0 aromatic carbocycles. The van der Waals surface area contributed by atoms with E-state index in [1.54, 1.807) is 5.01 Å². The largest absolute Gasteiger partial charge is 0.275 e. The molecular weight excluding hydrogens is 162 g/mol. The van der Waals surface area contributed by atoms with Gasteiger partial charge in [-0.15, -0.1) is 0 Å². The van der Waals surface area contributed by atoms with E-state index in [0.717, 1.165) is 25.9 Å². The van der Waals surface area contributed by atoms with Gasteiger partial charge >= 0.3 is 0 Å². The molecular formula is C8H14F2N2. The lowest BCUT2D eigenvalue weighted by molar-refractivity contribution is -0.218. The molecule has 12 heavy (non-hydrogen) atoms. The minimum absolute atomic E-state index is 0.0625. The van der Waals surface area contributed by atoms with Gasteiger partial charge in [0.1, 0.15) is 0 Å². The summed E-state index contributed by atoms with van der Waals surface area (Å²) in [7, 11) is 0. The molecule has 2 fully saturated rings. The molecule has 0 atom stereocenters. The van der Waals surface area contributed by atoms with Gasteiger partial charge in [0, 0.05) is 13.1 Å². The molecule has 2 aliphatic rings. The molecule has 0 radical (unpaired) electrons. The van der Waals surface area contributed by atoms with Crippen LogP contribution in [0.4, 0.5) is 8.78 Å². The number of nitrogens with zero attached hydrogens (tertiary/aromatic N) is 2. The van der Waals surface area contributed by atoms with Crippen LogP contribution in [-0.2, 0) is 0 Å². The predicted molar refractivity (Wildman–Crippen MR) is 41.9 cm³/mol. The van der Waals surface area contributed by atoms with Crippen molar-refractivity contribution in [1.82, 2.24) is 10.0 Å². The van der Waals surface area contributed by atoms with Gasteiger partial charge in [-0.3, -0.25) is 0 Å². The third kappa shape index (κ3) is 1.59. The SMILES string of the molecule is FC1(F)CN(N2CCCCC2)C1. The van der Waals surface area contributed by atoms with E-state index in [9.17, 15) is 8.78 Å². The fourth-order valence-electron chi connectivity index (χ4n) is 1.85. The first-order valence-electron chi connectivity index (χ1n) is 4.55. The highest BCUT2D eigenvalue weighted by molar-refractivity contribution is 4.86. The third-order valence-corrected chi connectivity index (χ3v) is 2.56. The van der Waals surface area contributed by atoms with Crippen LogP contribution in [0.5, 0.6) is 0 Å². The molecule has 0 bridgehead atoms. The molecule has 2 aliphatic heterocycles. The highest BCUT2D eigenvalue weighted by atomic mass is 19.3. The first-order valence-corrected chi connectivity index (χ1v) is 4.55. The number of piperidine rings is 1. The number of rotatable bonds is 1. The minimum Gasteiger partial charge on any atom is -0.241 e. The second-order valence-corrected chi connectivity index (χ2v) is 3.69. The zero-order valence-corrected chi connectivity index (χ0v) is 7.10. The van der Waals surface area contributed by atoms with Gasteiger partial charge in [-0.1, -0.05) is 6.42 Å². The first kappa shape index (κ1) is 8.38. The standard InChI is InChI=1S/C8H14F2N2/c9-8(10)6-12(7-8)11-4-2-1-3-5-11/h1-7H2. The van der Waals surface area contributed by atoms with E-state index in [-0.39, 0.29) is 13.1 Å². The molecule has 2 rings (SSSR count). The number of hydrogen-bond donors (Lipinski definition) is 0. The molecule has 2 nitrogen and oxygen atoms in total. The fourth-order valence-corrected chi connectivity index (χ4v) is 1.85. The van der Waals surface area contributed by atoms with Crippen LogP contribution in [0, 0.1) is 0 Å². The molecule has 0 aromatic heterocycles. The summed E-state index contributed by atoms with van der Waals surface area (Å²) in [5, 5.41) is 3.85. The van der Waals surface area contributed by atoms with E-state index < -0.39 is 5.92 Å². The second-order valence-electron chi connectivity index (χ2n) is 3.69. The van der Waals surface area contributed by atoms with Crippen LogP contribution in [0.1, 0.15) is 19.3 Å². The molecule has 0 aromatic rings. The summed E-state index contributed by atoms with van der Waals surface area (Å²) in [4.78, 5) is 0. The van der Waals surface area contributed by atoms with Crippen molar-refractivity contribution in [2.75, 3.05) is 26.2 Å². The summed E-state index contributed by atoms with van der Waals surface area (Å²) < 4.78 is 24.9. The molecule has 0 aliphatic carbocycles. The molecule has 0 spiro atoms. The quantitative estimate of drug-likeness (QED) is 0.595. The summed E-state index contributed by atoms with van der Waals surface area (Å²) in [6.07, 6.45) is 3.56. The average Bonchev–Trinajstić information content (AvgIpc) is 2.02. The maximum atomic E-state index is 12.5. The lowest BCUT2D eigenvalue weighted by atomic mass is 10.1. The summed E-state index contributed by atoms with van der Waals surface area (Å²) >= 11 is 0. The highest BCUT2D eigenvalue weighted by Gasteiger charge is 2.46. The zero-order chi connectivity index (χ0) is 8.60. The third-order valence-electron chi connectivity index (χ3n) is 2.56. The molecule has 0 N–H and O–H groups in total. The Morgan fingerprint density at radius 2 is 1.42 bits per heavy atom. The van der Waals surface area contributed by atoms with Gasteiger partial charge in [-0.2, -0.15) is 0 Å². The van der Waals surface area contributed by atoms with Crippen LogP contribution in [0.15, 0.2) is 0 Å². The zero-order valence-electron chi connectivity index (χ0n) is 7.10. The maximum absolute atomic E-state index is 12.5. The lowest BCUT2D eigenvalue weighted by Gasteiger charge is -2.46. The Kier molecular flexibility index (Phi) is 2.04. The molecule has 0 amide bonds. The number of hydrazine groups is 1. The van der Waals surface area contributed by atoms with E-state index in [1.807, 2.05) is 0 Å². The predicted octanol–water partition coefficient (Wildman–Crippen LogP) is 1.34. The van der Waals surface area contributed by atoms with E-state index in [0.29, 0.717) is 0 Å². The Balaban J connectivity index is 1.79. The van der Waals surface area contributed by atoms with Crippen LogP contribution >= 0.6 is 0 Å². The van der Waals surface area contributed by atoms with E-state index in [2.05, 4.69) is 5.01 Å². The van der Waals surface area contributed by atoms with Crippen LogP contribution in [-0.4, -0.2) is 42.1 Å². The monoisotopic (exact) mass is 176 g/mol. The van der Waals surface area contributed by atoms with Crippen LogP contribution in [0.2, 0.25) is 0 Å². The van der Waals surface area contributed by atoms with Crippen molar-refractivity contribution >= 4 is 0 Å². The van der Waals surface area contributed by atoms with Crippen molar-refractivity contribution in [3.05, 3.63) is 0 Å². The van der Waals surface area contributed by atoms with Gasteiger partial charge in [-0.05, 0) is 12.8 Å². The summed E-state index contributed by atoms with van der Waals surface area (Å²) in [6.45, 7) is 1.81. The van der Waals surface area contributed by atoms with Gasteiger partial charge in [0.15, 0.2) is 0 Å². The lowest BCUT2D eigenvalue weighted by Crippen LogP contribution is -2.63. The van der Waals surface area contributed by atoms with Crippen molar-refractivity contribution in [2.45, 2.75) is 25.2 Å². The smallest absolute Gasteiger partial charge is 0.241 e. The van der Waals surface area contributed by atoms with Gasteiger partial charge in [0.05, 0.1) is 13.1 Å².